The van der Waals surface area contributed by atoms with Gasteiger partial charge < -0.3 is 15.5 Å². The highest BCUT2D eigenvalue weighted by Gasteiger charge is 2.25. The number of nitrogens with zero attached hydrogens (tertiary/aromatic N) is 1. The van der Waals surface area contributed by atoms with Crippen molar-refractivity contribution in [3.63, 3.8) is 0 Å². The van der Waals surface area contributed by atoms with Gasteiger partial charge >= 0.3 is 0 Å². The molecule has 1 heterocycles. The Kier molecular flexibility index (Phi) is 7.70. The Morgan fingerprint density at radius 1 is 1.25 bits per heavy atom. The van der Waals surface area contributed by atoms with E-state index in [2.05, 4.69) is 10.6 Å². The molecule has 1 atom stereocenters. The minimum absolute atomic E-state index is 0. The van der Waals surface area contributed by atoms with E-state index in [1.165, 1.54) is 10.5 Å². The van der Waals surface area contributed by atoms with Gasteiger partial charge in [-0.25, -0.2) is 0 Å². The Bertz CT molecular complexity index is 575. The second-order valence-electron chi connectivity index (χ2n) is 6.56. The van der Waals surface area contributed by atoms with Gasteiger partial charge in [-0.05, 0) is 51.3 Å². The highest BCUT2D eigenvalue weighted by Crippen LogP contribution is 2.22. The maximum absolute atomic E-state index is 12.4. The minimum atomic E-state index is -0.153. The van der Waals surface area contributed by atoms with Crippen LogP contribution in [0.3, 0.4) is 0 Å². The van der Waals surface area contributed by atoms with Gasteiger partial charge in [0.1, 0.15) is 0 Å². The molecule has 134 valence electrons. The van der Waals surface area contributed by atoms with Crippen LogP contribution in [0.5, 0.6) is 0 Å². The van der Waals surface area contributed by atoms with Crippen LogP contribution in [-0.4, -0.2) is 43.4 Å². The number of likely N-dealkylation sites (N-methyl/N-ethyl adjacent to an activating group) is 1. The van der Waals surface area contributed by atoms with Crippen molar-refractivity contribution in [2.24, 2.45) is 5.92 Å². The van der Waals surface area contributed by atoms with Crippen LogP contribution in [0.4, 0.5) is 5.69 Å². The molecule has 0 saturated carbocycles. The van der Waals surface area contributed by atoms with Crippen LogP contribution in [-0.2, 0) is 9.59 Å². The van der Waals surface area contributed by atoms with Gasteiger partial charge in [0.25, 0.3) is 0 Å². The molecule has 1 aromatic carbocycles. The number of benzene rings is 1. The topological polar surface area (TPSA) is 61.4 Å². The van der Waals surface area contributed by atoms with Gasteiger partial charge in [0.15, 0.2) is 0 Å². The molecule has 1 aliphatic rings. The van der Waals surface area contributed by atoms with Crippen molar-refractivity contribution in [1.29, 1.82) is 0 Å². The number of carbonyl (C=O) groups is 2. The molecule has 1 aliphatic heterocycles. The lowest BCUT2D eigenvalue weighted by molar-refractivity contribution is -0.137. The van der Waals surface area contributed by atoms with E-state index in [-0.39, 0.29) is 36.7 Å². The molecule has 0 spiro atoms. The maximum atomic E-state index is 12.4. The summed E-state index contributed by atoms with van der Waals surface area (Å²) in [5, 5.41) is 6.18. The Balaban J connectivity index is 0.00000288. The van der Waals surface area contributed by atoms with E-state index in [1.807, 2.05) is 32.9 Å². The summed E-state index contributed by atoms with van der Waals surface area (Å²) in [6, 6.07) is 4.09. The molecule has 0 aliphatic carbocycles. The van der Waals surface area contributed by atoms with Crippen LogP contribution in [0.2, 0.25) is 0 Å². The Morgan fingerprint density at radius 2 is 1.88 bits per heavy atom. The molecular weight excluding hydrogens is 326 g/mol. The van der Waals surface area contributed by atoms with Gasteiger partial charge in [-0.1, -0.05) is 17.7 Å². The van der Waals surface area contributed by atoms with Crippen LogP contribution < -0.4 is 10.6 Å². The fourth-order valence-corrected chi connectivity index (χ4v) is 3.22. The number of hydrogen-bond acceptors (Lipinski definition) is 3. The highest BCUT2D eigenvalue weighted by atomic mass is 35.5. The van der Waals surface area contributed by atoms with Crippen molar-refractivity contribution in [3.8, 4) is 0 Å². The van der Waals surface area contributed by atoms with E-state index >= 15 is 0 Å². The van der Waals surface area contributed by atoms with E-state index in [1.54, 1.807) is 7.05 Å². The molecule has 5 nitrogen and oxygen atoms in total. The number of nitrogens with one attached hydrogen (secondary N) is 2. The average molecular weight is 354 g/mol. The molecule has 2 amide bonds. The first-order valence-corrected chi connectivity index (χ1v) is 8.22. The van der Waals surface area contributed by atoms with Crippen molar-refractivity contribution in [2.75, 3.05) is 32.0 Å². The van der Waals surface area contributed by atoms with Gasteiger partial charge in [0.2, 0.25) is 11.8 Å². The van der Waals surface area contributed by atoms with Crippen LogP contribution in [0.25, 0.3) is 0 Å². The summed E-state index contributed by atoms with van der Waals surface area (Å²) in [6.45, 7) is 7.77. The third kappa shape index (κ3) is 5.21. The fraction of sp³-hybridized carbons (Fsp3) is 0.556. The Hall–Kier alpha value is -1.59. The minimum Gasteiger partial charge on any atom is -0.336 e. The molecule has 24 heavy (non-hydrogen) atoms. The van der Waals surface area contributed by atoms with Gasteiger partial charge in [-0.3, -0.25) is 9.59 Å². The standard InChI is InChI=1S/C18H27N3O2.ClH/c1-12-8-13(2)17(14(3)9-12)20-16(22)11-21(4)18(23)15-6-5-7-19-10-15;/h8-9,15,19H,5-7,10-11H2,1-4H3,(H,20,22);1H. The zero-order valence-corrected chi connectivity index (χ0v) is 15.8. The van der Waals surface area contributed by atoms with E-state index < -0.39 is 0 Å². The predicted molar refractivity (Wildman–Crippen MR) is 99.8 cm³/mol. The van der Waals surface area contributed by atoms with Crippen molar-refractivity contribution < 1.29 is 9.59 Å². The van der Waals surface area contributed by atoms with E-state index in [4.69, 9.17) is 0 Å². The molecule has 1 saturated heterocycles. The number of hydrogen-bond donors (Lipinski definition) is 2. The SMILES string of the molecule is Cc1cc(C)c(NC(=O)CN(C)C(=O)C2CCCNC2)c(C)c1.Cl. The summed E-state index contributed by atoms with van der Waals surface area (Å²) in [5.74, 6) is -0.117. The summed E-state index contributed by atoms with van der Waals surface area (Å²) in [5.41, 5.74) is 4.11. The average Bonchev–Trinajstić information content (AvgIpc) is 2.51. The number of rotatable bonds is 4. The molecule has 0 bridgehead atoms. The zero-order chi connectivity index (χ0) is 17.0. The van der Waals surface area contributed by atoms with Crippen molar-refractivity contribution in [3.05, 3.63) is 28.8 Å². The molecule has 2 rings (SSSR count). The van der Waals surface area contributed by atoms with E-state index in [0.717, 1.165) is 36.2 Å². The smallest absolute Gasteiger partial charge is 0.243 e. The Labute approximate surface area is 150 Å². The Morgan fingerprint density at radius 3 is 2.42 bits per heavy atom. The molecule has 1 aromatic rings. The first-order valence-electron chi connectivity index (χ1n) is 8.22. The predicted octanol–water partition coefficient (Wildman–Crippen LogP) is 2.43. The summed E-state index contributed by atoms with van der Waals surface area (Å²) in [7, 11) is 1.70. The molecule has 2 N–H and O–H groups in total. The largest absolute Gasteiger partial charge is 0.336 e. The summed E-state index contributed by atoms with van der Waals surface area (Å²) < 4.78 is 0. The fourth-order valence-electron chi connectivity index (χ4n) is 3.22. The van der Waals surface area contributed by atoms with E-state index in [9.17, 15) is 9.59 Å². The number of amides is 2. The van der Waals surface area contributed by atoms with Gasteiger partial charge in [-0.15, -0.1) is 12.4 Å². The van der Waals surface area contributed by atoms with Crippen LogP contribution in [0, 0.1) is 26.7 Å². The normalized spacial score (nSPS) is 16.9. The molecule has 1 unspecified atom stereocenters. The number of carbonyl (C=O) groups excluding carboxylic acids is 2. The van der Waals surface area contributed by atoms with Crippen molar-refractivity contribution >= 4 is 29.9 Å². The van der Waals surface area contributed by atoms with Crippen molar-refractivity contribution in [2.45, 2.75) is 33.6 Å². The number of piperidine rings is 1. The lowest BCUT2D eigenvalue weighted by atomic mass is 9.98. The third-order valence-electron chi connectivity index (χ3n) is 4.34. The van der Waals surface area contributed by atoms with Crippen molar-refractivity contribution in [1.82, 2.24) is 10.2 Å². The summed E-state index contributed by atoms with van der Waals surface area (Å²) >= 11 is 0. The first kappa shape index (κ1) is 20.5. The second-order valence-corrected chi connectivity index (χ2v) is 6.56. The lowest BCUT2D eigenvalue weighted by Gasteiger charge is -2.26. The van der Waals surface area contributed by atoms with Crippen LogP contribution in [0.1, 0.15) is 29.5 Å². The molecular formula is C18H28ClN3O2. The van der Waals surface area contributed by atoms with Gasteiger partial charge in [-0.2, -0.15) is 0 Å². The molecule has 0 radical (unpaired) electrons. The monoisotopic (exact) mass is 353 g/mol. The lowest BCUT2D eigenvalue weighted by Crippen LogP contribution is -2.44. The zero-order valence-electron chi connectivity index (χ0n) is 14.9. The summed E-state index contributed by atoms with van der Waals surface area (Å²) in [6.07, 6.45) is 1.91. The quantitative estimate of drug-likeness (QED) is 0.874. The third-order valence-corrected chi connectivity index (χ3v) is 4.34. The second kappa shape index (κ2) is 9.04. The summed E-state index contributed by atoms with van der Waals surface area (Å²) in [4.78, 5) is 26.2. The number of anilines is 1. The highest BCUT2D eigenvalue weighted by molar-refractivity contribution is 5.96. The van der Waals surface area contributed by atoms with E-state index in [0.29, 0.717) is 6.54 Å². The first-order chi connectivity index (χ1) is 10.9. The molecule has 0 aromatic heterocycles. The van der Waals surface area contributed by atoms with Crippen LogP contribution >= 0.6 is 12.4 Å². The molecule has 1 fully saturated rings. The maximum Gasteiger partial charge on any atom is 0.243 e. The van der Waals surface area contributed by atoms with Gasteiger partial charge in [0.05, 0.1) is 12.5 Å². The van der Waals surface area contributed by atoms with Gasteiger partial charge in [0, 0.05) is 19.3 Å². The number of aryl methyl sites for hydroxylation is 3. The molecule has 6 heteroatoms. The number of halogens is 1. The van der Waals surface area contributed by atoms with Crippen LogP contribution in [0.15, 0.2) is 12.1 Å².